The topological polar surface area (TPSA) is 49.3 Å². The van der Waals surface area contributed by atoms with Gasteiger partial charge in [-0.25, -0.2) is 4.79 Å². The first-order chi connectivity index (χ1) is 12.5. The standard InChI is InChI=1S/C21H19Cl2NO2/c22-13-4-5-14(16(23)9-13)20-19-11-2-1-10(7-11)18(19)15-8-12(21(25)26)3-6-17(15)24-20/h3-6,8-11,18-20,24H,1-2,7H2,(H,25,26). The highest BCUT2D eigenvalue weighted by Gasteiger charge is 2.54. The van der Waals surface area contributed by atoms with Gasteiger partial charge in [0.15, 0.2) is 0 Å². The average molecular weight is 388 g/mol. The number of anilines is 1. The largest absolute Gasteiger partial charge is 0.478 e. The summed E-state index contributed by atoms with van der Waals surface area (Å²) in [6, 6.07) is 11.4. The molecule has 3 aliphatic rings. The minimum Gasteiger partial charge on any atom is -0.478 e. The minimum absolute atomic E-state index is 0.142. The second-order valence-electron chi connectivity index (χ2n) is 7.83. The third kappa shape index (κ3) is 2.37. The first kappa shape index (κ1) is 16.5. The molecule has 1 aliphatic heterocycles. The smallest absolute Gasteiger partial charge is 0.335 e. The lowest BCUT2D eigenvalue weighted by atomic mass is 9.68. The molecule has 1 heterocycles. The maximum absolute atomic E-state index is 11.5. The van der Waals surface area contributed by atoms with E-state index in [0.717, 1.165) is 11.3 Å². The summed E-state index contributed by atoms with van der Waals surface area (Å²) in [6.45, 7) is 0. The number of carboxylic acids is 1. The van der Waals surface area contributed by atoms with E-state index in [9.17, 15) is 9.90 Å². The lowest BCUT2D eigenvalue weighted by molar-refractivity contribution is 0.0696. The van der Waals surface area contributed by atoms with Crippen LogP contribution in [-0.2, 0) is 0 Å². The molecule has 5 heteroatoms. The average Bonchev–Trinajstić information content (AvgIpc) is 3.23. The number of carboxylic acid groups (broad SMARTS) is 1. The summed E-state index contributed by atoms with van der Waals surface area (Å²) in [5.74, 6) is 1.29. The number of hydrogen-bond acceptors (Lipinski definition) is 2. The number of benzene rings is 2. The molecule has 0 radical (unpaired) electrons. The van der Waals surface area contributed by atoms with Crippen molar-refractivity contribution in [3.8, 4) is 0 Å². The second-order valence-corrected chi connectivity index (χ2v) is 8.68. The molecule has 26 heavy (non-hydrogen) atoms. The predicted octanol–water partition coefficient (Wildman–Crippen LogP) is 5.99. The van der Waals surface area contributed by atoms with Crippen molar-refractivity contribution >= 4 is 34.9 Å². The predicted molar refractivity (Wildman–Crippen MR) is 103 cm³/mol. The lowest BCUT2D eigenvalue weighted by Gasteiger charge is -2.43. The molecular formula is C21H19Cl2NO2. The van der Waals surface area contributed by atoms with Gasteiger partial charge in [-0.2, -0.15) is 0 Å². The van der Waals surface area contributed by atoms with Gasteiger partial charge in [-0.05, 0) is 84.4 Å². The van der Waals surface area contributed by atoms with E-state index in [4.69, 9.17) is 23.2 Å². The highest BCUT2D eigenvalue weighted by atomic mass is 35.5. The Balaban J connectivity index is 1.64. The van der Waals surface area contributed by atoms with E-state index in [1.54, 1.807) is 6.07 Å². The Hall–Kier alpha value is -1.71. The van der Waals surface area contributed by atoms with Crippen LogP contribution in [0.3, 0.4) is 0 Å². The van der Waals surface area contributed by atoms with Gasteiger partial charge in [0.1, 0.15) is 0 Å². The van der Waals surface area contributed by atoms with Crippen LogP contribution in [0.5, 0.6) is 0 Å². The van der Waals surface area contributed by atoms with Gasteiger partial charge in [0, 0.05) is 15.7 Å². The van der Waals surface area contributed by atoms with Crippen molar-refractivity contribution in [2.75, 3.05) is 5.32 Å². The maximum atomic E-state index is 11.5. The van der Waals surface area contributed by atoms with Gasteiger partial charge >= 0.3 is 5.97 Å². The van der Waals surface area contributed by atoms with E-state index >= 15 is 0 Å². The SMILES string of the molecule is O=C(O)c1ccc2c(c1)C1C3CCC(C3)C1C(c1ccc(Cl)cc1Cl)N2. The van der Waals surface area contributed by atoms with Crippen molar-refractivity contribution in [2.24, 2.45) is 17.8 Å². The molecule has 0 amide bonds. The van der Waals surface area contributed by atoms with Gasteiger partial charge in [-0.1, -0.05) is 29.3 Å². The molecule has 2 aliphatic carbocycles. The number of fused-ring (bicyclic) bond motifs is 7. The van der Waals surface area contributed by atoms with Crippen molar-refractivity contribution < 1.29 is 9.90 Å². The van der Waals surface area contributed by atoms with Gasteiger partial charge in [0.2, 0.25) is 0 Å². The number of aromatic carboxylic acids is 1. The molecule has 2 aromatic carbocycles. The minimum atomic E-state index is -0.865. The van der Waals surface area contributed by atoms with E-state index < -0.39 is 5.97 Å². The molecule has 5 rings (SSSR count). The molecule has 0 spiro atoms. The first-order valence-electron chi connectivity index (χ1n) is 9.11. The summed E-state index contributed by atoms with van der Waals surface area (Å²) < 4.78 is 0. The highest BCUT2D eigenvalue weighted by Crippen LogP contribution is 2.64. The van der Waals surface area contributed by atoms with Crippen LogP contribution in [0.1, 0.15) is 52.7 Å². The fraction of sp³-hybridized carbons (Fsp3) is 0.381. The van der Waals surface area contributed by atoms with Gasteiger partial charge in [0.05, 0.1) is 11.6 Å². The zero-order chi connectivity index (χ0) is 18.0. The molecule has 134 valence electrons. The number of carbonyl (C=O) groups is 1. The van der Waals surface area contributed by atoms with E-state index in [-0.39, 0.29) is 6.04 Å². The molecule has 2 aromatic rings. The summed E-state index contributed by atoms with van der Waals surface area (Å²) >= 11 is 12.6. The van der Waals surface area contributed by atoms with Crippen LogP contribution in [0.2, 0.25) is 10.0 Å². The van der Waals surface area contributed by atoms with E-state index in [1.165, 1.54) is 24.8 Å². The van der Waals surface area contributed by atoms with Crippen molar-refractivity contribution in [1.82, 2.24) is 0 Å². The Kier molecular flexibility index (Phi) is 3.74. The lowest BCUT2D eigenvalue weighted by Crippen LogP contribution is -2.35. The van der Waals surface area contributed by atoms with Crippen molar-refractivity contribution in [1.29, 1.82) is 0 Å². The van der Waals surface area contributed by atoms with Crippen molar-refractivity contribution in [2.45, 2.75) is 31.2 Å². The first-order valence-corrected chi connectivity index (χ1v) is 9.87. The Bertz CT molecular complexity index is 913. The molecule has 2 N–H and O–H groups in total. The molecule has 0 aromatic heterocycles. The monoisotopic (exact) mass is 387 g/mol. The summed E-state index contributed by atoms with van der Waals surface area (Å²) in [7, 11) is 0. The highest BCUT2D eigenvalue weighted by molar-refractivity contribution is 6.35. The zero-order valence-electron chi connectivity index (χ0n) is 14.1. The van der Waals surface area contributed by atoms with E-state index in [1.807, 2.05) is 30.3 Å². The molecule has 5 unspecified atom stereocenters. The van der Waals surface area contributed by atoms with Crippen LogP contribution in [0.4, 0.5) is 5.69 Å². The third-order valence-electron chi connectivity index (χ3n) is 6.63. The van der Waals surface area contributed by atoms with Crippen LogP contribution in [-0.4, -0.2) is 11.1 Å². The number of halogens is 2. The van der Waals surface area contributed by atoms with E-state index in [2.05, 4.69) is 5.32 Å². The second kappa shape index (κ2) is 5.90. The molecule has 2 saturated carbocycles. The normalized spacial score (nSPS) is 31.2. The van der Waals surface area contributed by atoms with Crippen molar-refractivity contribution in [3.63, 3.8) is 0 Å². The summed E-state index contributed by atoms with van der Waals surface area (Å²) in [6.07, 6.45) is 3.72. The van der Waals surface area contributed by atoms with Crippen molar-refractivity contribution in [3.05, 3.63) is 63.1 Å². The molecule has 5 atom stereocenters. The number of nitrogens with one attached hydrogen (secondary N) is 1. The van der Waals surface area contributed by atoms with E-state index in [0.29, 0.717) is 39.3 Å². The van der Waals surface area contributed by atoms with Crippen LogP contribution in [0.15, 0.2) is 36.4 Å². The molecule has 0 saturated heterocycles. The fourth-order valence-electron chi connectivity index (χ4n) is 5.68. The fourth-order valence-corrected chi connectivity index (χ4v) is 6.21. The number of hydrogen-bond donors (Lipinski definition) is 2. The van der Waals surface area contributed by atoms with Gasteiger partial charge in [-0.15, -0.1) is 0 Å². The third-order valence-corrected chi connectivity index (χ3v) is 7.19. The Morgan fingerprint density at radius 1 is 1.04 bits per heavy atom. The van der Waals surface area contributed by atoms with Crippen LogP contribution >= 0.6 is 23.2 Å². The van der Waals surface area contributed by atoms with Gasteiger partial charge < -0.3 is 10.4 Å². The number of rotatable bonds is 2. The van der Waals surface area contributed by atoms with Gasteiger partial charge in [-0.3, -0.25) is 0 Å². The molecule has 2 bridgehead atoms. The summed E-state index contributed by atoms with van der Waals surface area (Å²) in [4.78, 5) is 11.5. The molecular weight excluding hydrogens is 369 g/mol. The van der Waals surface area contributed by atoms with Gasteiger partial charge in [0.25, 0.3) is 0 Å². The molecule has 2 fully saturated rings. The Morgan fingerprint density at radius 3 is 2.62 bits per heavy atom. The Labute approximate surface area is 162 Å². The molecule has 3 nitrogen and oxygen atoms in total. The Morgan fingerprint density at radius 2 is 1.85 bits per heavy atom. The van der Waals surface area contributed by atoms with Crippen LogP contribution < -0.4 is 5.32 Å². The van der Waals surface area contributed by atoms with Crippen LogP contribution in [0, 0.1) is 17.8 Å². The summed E-state index contributed by atoms with van der Waals surface area (Å²) in [5.41, 5.74) is 3.67. The zero-order valence-corrected chi connectivity index (χ0v) is 15.6. The maximum Gasteiger partial charge on any atom is 0.335 e. The van der Waals surface area contributed by atoms with Crippen LogP contribution in [0.25, 0.3) is 0 Å². The summed E-state index contributed by atoms with van der Waals surface area (Å²) in [5, 5.41) is 14.4. The quantitative estimate of drug-likeness (QED) is 0.665.